The first-order chi connectivity index (χ1) is 14.8. The molecule has 2 N–H and O–H groups in total. The predicted octanol–water partition coefficient (Wildman–Crippen LogP) is 2.83. The van der Waals surface area contributed by atoms with Gasteiger partial charge in [-0.2, -0.15) is 0 Å². The van der Waals surface area contributed by atoms with Crippen molar-refractivity contribution in [1.82, 2.24) is 9.80 Å². The van der Waals surface area contributed by atoms with Gasteiger partial charge in [0.15, 0.2) is 11.5 Å². The fourth-order valence-electron chi connectivity index (χ4n) is 3.32. The Balaban J connectivity index is 0.000000501. The number of methoxy groups -OCH3 is 2. The number of para-hydroxylation sites is 1. The van der Waals surface area contributed by atoms with Crippen molar-refractivity contribution in [3.63, 3.8) is 0 Å². The Labute approximate surface area is 186 Å². The first kappa shape index (κ1) is 24.5. The van der Waals surface area contributed by atoms with E-state index in [-0.39, 0.29) is 0 Å². The van der Waals surface area contributed by atoms with E-state index >= 15 is 0 Å². The number of benzene rings is 2. The molecule has 31 heavy (non-hydrogen) atoms. The van der Waals surface area contributed by atoms with Crippen molar-refractivity contribution < 1.29 is 29.3 Å². The summed E-state index contributed by atoms with van der Waals surface area (Å²) in [6.45, 7) is 6.03. The van der Waals surface area contributed by atoms with Gasteiger partial charge in [-0.1, -0.05) is 35.9 Å². The summed E-state index contributed by atoms with van der Waals surface area (Å²) in [6, 6.07) is 14.2. The molecule has 9 heteroatoms. The number of hydrogen-bond donors (Lipinski definition) is 2. The molecule has 168 valence electrons. The van der Waals surface area contributed by atoms with E-state index in [0.717, 1.165) is 55.8 Å². The molecule has 2 aromatic rings. The average molecular weight is 451 g/mol. The maximum Gasteiger partial charge on any atom is 0.414 e. The fraction of sp³-hybridized carbons (Fsp3) is 0.364. The topological polar surface area (TPSA) is 99.5 Å². The van der Waals surface area contributed by atoms with Gasteiger partial charge >= 0.3 is 11.9 Å². The van der Waals surface area contributed by atoms with Gasteiger partial charge in [-0.3, -0.25) is 9.80 Å². The third kappa shape index (κ3) is 7.75. The summed E-state index contributed by atoms with van der Waals surface area (Å²) < 4.78 is 10.9. The van der Waals surface area contributed by atoms with Gasteiger partial charge in [-0.25, -0.2) is 9.59 Å². The Morgan fingerprint density at radius 3 is 2.00 bits per heavy atom. The van der Waals surface area contributed by atoms with Crippen LogP contribution < -0.4 is 9.47 Å². The lowest BCUT2D eigenvalue weighted by Gasteiger charge is -2.35. The second kappa shape index (κ2) is 12.1. The largest absolute Gasteiger partial charge is 0.493 e. The lowest BCUT2D eigenvalue weighted by atomic mass is 10.1. The first-order valence-corrected chi connectivity index (χ1v) is 10.1. The Morgan fingerprint density at radius 2 is 1.48 bits per heavy atom. The van der Waals surface area contributed by atoms with Crippen LogP contribution in [0.5, 0.6) is 11.5 Å². The van der Waals surface area contributed by atoms with Gasteiger partial charge in [0.1, 0.15) is 0 Å². The molecule has 1 aliphatic heterocycles. The highest BCUT2D eigenvalue weighted by Crippen LogP contribution is 2.31. The molecule has 1 fully saturated rings. The molecule has 0 atom stereocenters. The third-order valence-electron chi connectivity index (χ3n) is 4.82. The molecule has 0 amide bonds. The standard InChI is InChI=1S/C20H25ClN2O2.C2H2O4/c1-24-19-8-4-6-17(20(19)25-2)15-23-11-9-22(10-12-23)14-16-5-3-7-18(21)13-16;3-1(4)2(5)6/h3-8,13H,9-12,14-15H2,1-2H3;(H,3,4)(H,5,6). The summed E-state index contributed by atoms with van der Waals surface area (Å²) in [4.78, 5) is 23.1. The Bertz CT molecular complexity index is 872. The van der Waals surface area contributed by atoms with Crippen LogP contribution in [0.3, 0.4) is 0 Å². The molecule has 1 aliphatic rings. The van der Waals surface area contributed by atoms with Crippen molar-refractivity contribution in [2.45, 2.75) is 13.1 Å². The minimum absolute atomic E-state index is 0.791. The van der Waals surface area contributed by atoms with Crippen molar-refractivity contribution in [3.8, 4) is 11.5 Å². The maximum atomic E-state index is 9.10. The summed E-state index contributed by atoms with van der Waals surface area (Å²) in [7, 11) is 3.38. The molecule has 1 heterocycles. The summed E-state index contributed by atoms with van der Waals surface area (Å²) in [5, 5.41) is 15.6. The number of hydrogen-bond acceptors (Lipinski definition) is 6. The second-order valence-corrected chi connectivity index (χ2v) is 7.38. The lowest BCUT2D eigenvalue weighted by molar-refractivity contribution is -0.159. The van der Waals surface area contributed by atoms with Gasteiger partial charge in [0, 0.05) is 49.9 Å². The van der Waals surface area contributed by atoms with Crippen LogP contribution in [0.15, 0.2) is 42.5 Å². The molecular weight excluding hydrogens is 424 g/mol. The van der Waals surface area contributed by atoms with Gasteiger partial charge in [0.05, 0.1) is 14.2 Å². The van der Waals surface area contributed by atoms with E-state index in [1.165, 1.54) is 11.1 Å². The quantitative estimate of drug-likeness (QED) is 0.648. The second-order valence-electron chi connectivity index (χ2n) is 6.95. The smallest absolute Gasteiger partial charge is 0.414 e. The molecule has 3 rings (SSSR count). The molecule has 0 bridgehead atoms. The molecule has 0 aromatic heterocycles. The summed E-state index contributed by atoms with van der Waals surface area (Å²) in [5.74, 6) is -2.02. The normalized spacial score (nSPS) is 14.3. The van der Waals surface area contributed by atoms with Gasteiger partial charge in [-0.05, 0) is 23.8 Å². The van der Waals surface area contributed by atoms with Crippen LogP contribution in [0.4, 0.5) is 0 Å². The number of ether oxygens (including phenoxy) is 2. The summed E-state index contributed by atoms with van der Waals surface area (Å²) in [5.41, 5.74) is 2.44. The molecule has 0 spiro atoms. The summed E-state index contributed by atoms with van der Waals surface area (Å²) >= 11 is 6.08. The molecular formula is C22H27ClN2O6. The highest BCUT2D eigenvalue weighted by Gasteiger charge is 2.19. The van der Waals surface area contributed by atoms with Crippen molar-refractivity contribution in [1.29, 1.82) is 0 Å². The van der Waals surface area contributed by atoms with Crippen LogP contribution in [-0.4, -0.2) is 72.4 Å². The van der Waals surface area contributed by atoms with E-state index in [2.05, 4.69) is 28.0 Å². The Hall–Kier alpha value is -2.81. The lowest BCUT2D eigenvalue weighted by Crippen LogP contribution is -2.45. The van der Waals surface area contributed by atoms with Gasteiger partial charge in [0.2, 0.25) is 0 Å². The van der Waals surface area contributed by atoms with Crippen molar-refractivity contribution in [3.05, 3.63) is 58.6 Å². The number of rotatable bonds is 6. The van der Waals surface area contributed by atoms with E-state index in [4.69, 9.17) is 40.9 Å². The van der Waals surface area contributed by atoms with Crippen molar-refractivity contribution >= 4 is 23.5 Å². The number of piperazine rings is 1. The zero-order valence-corrected chi connectivity index (χ0v) is 18.3. The number of carboxylic acid groups (broad SMARTS) is 2. The monoisotopic (exact) mass is 450 g/mol. The molecule has 8 nitrogen and oxygen atoms in total. The Kier molecular flexibility index (Phi) is 9.58. The van der Waals surface area contributed by atoms with Crippen LogP contribution in [0.25, 0.3) is 0 Å². The fourth-order valence-corrected chi connectivity index (χ4v) is 3.53. The van der Waals surface area contributed by atoms with E-state index in [1.54, 1.807) is 14.2 Å². The molecule has 2 aromatic carbocycles. The molecule has 1 saturated heterocycles. The van der Waals surface area contributed by atoms with E-state index in [0.29, 0.717) is 0 Å². The number of aliphatic carboxylic acids is 2. The highest BCUT2D eigenvalue weighted by atomic mass is 35.5. The van der Waals surface area contributed by atoms with Crippen molar-refractivity contribution in [2.75, 3.05) is 40.4 Å². The minimum atomic E-state index is -1.82. The SMILES string of the molecule is COc1cccc(CN2CCN(Cc3cccc(Cl)c3)CC2)c1OC.O=C(O)C(=O)O. The Morgan fingerprint density at radius 1 is 0.903 bits per heavy atom. The first-order valence-electron chi connectivity index (χ1n) is 9.69. The third-order valence-corrected chi connectivity index (χ3v) is 5.06. The van der Waals surface area contributed by atoms with Crippen LogP contribution in [0.2, 0.25) is 5.02 Å². The zero-order valence-electron chi connectivity index (χ0n) is 17.6. The van der Waals surface area contributed by atoms with Gasteiger partial charge in [-0.15, -0.1) is 0 Å². The molecule has 0 radical (unpaired) electrons. The maximum absolute atomic E-state index is 9.10. The zero-order chi connectivity index (χ0) is 22.8. The number of halogens is 1. The summed E-state index contributed by atoms with van der Waals surface area (Å²) in [6.07, 6.45) is 0. The molecule has 0 aliphatic carbocycles. The average Bonchev–Trinajstić information content (AvgIpc) is 2.75. The van der Waals surface area contributed by atoms with Gasteiger partial charge in [0.25, 0.3) is 0 Å². The van der Waals surface area contributed by atoms with Crippen LogP contribution in [0.1, 0.15) is 11.1 Å². The van der Waals surface area contributed by atoms with E-state index < -0.39 is 11.9 Å². The molecule has 0 unspecified atom stereocenters. The number of carboxylic acids is 2. The number of nitrogens with zero attached hydrogens (tertiary/aromatic N) is 2. The van der Waals surface area contributed by atoms with Crippen LogP contribution >= 0.6 is 11.6 Å². The van der Waals surface area contributed by atoms with Gasteiger partial charge < -0.3 is 19.7 Å². The van der Waals surface area contributed by atoms with Crippen LogP contribution in [0, 0.1) is 0 Å². The van der Waals surface area contributed by atoms with Crippen LogP contribution in [-0.2, 0) is 22.7 Å². The predicted molar refractivity (Wildman–Crippen MR) is 117 cm³/mol. The van der Waals surface area contributed by atoms with E-state index in [9.17, 15) is 0 Å². The minimum Gasteiger partial charge on any atom is -0.493 e. The molecule has 0 saturated carbocycles. The highest BCUT2D eigenvalue weighted by molar-refractivity contribution is 6.30. The van der Waals surface area contributed by atoms with E-state index in [1.807, 2.05) is 24.3 Å². The number of carbonyl (C=O) groups is 2. The van der Waals surface area contributed by atoms with Crippen molar-refractivity contribution in [2.24, 2.45) is 0 Å².